The summed E-state index contributed by atoms with van der Waals surface area (Å²) in [5, 5.41) is 6.30. The number of halogens is 1. The molecule has 3 heterocycles. The Hall–Kier alpha value is -2.82. The van der Waals surface area contributed by atoms with Crippen LogP contribution in [0.3, 0.4) is 0 Å². The highest BCUT2D eigenvalue weighted by Gasteiger charge is 2.28. The summed E-state index contributed by atoms with van der Waals surface area (Å²) in [6.45, 7) is 4.82. The largest absolute Gasteiger partial charge is 0.459 e. The number of carbonyl (C=O) groups excluding carboxylic acids is 1. The summed E-state index contributed by atoms with van der Waals surface area (Å²) in [4.78, 5) is 23.1. The van der Waals surface area contributed by atoms with Crippen LogP contribution >= 0.6 is 24.0 Å². The van der Waals surface area contributed by atoms with Gasteiger partial charge in [0.2, 0.25) is 0 Å². The zero-order valence-corrected chi connectivity index (χ0v) is 20.6. The number of imidazole rings is 1. The molecule has 0 aliphatic carbocycles. The van der Waals surface area contributed by atoms with Gasteiger partial charge in [0, 0.05) is 44.8 Å². The van der Waals surface area contributed by atoms with Crippen molar-refractivity contribution in [1.82, 2.24) is 19.8 Å². The summed E-state index contributed by atoms with van der Waals surface area (Å²) >= 11 is 0. The van der Waals surface area contributed by atoms with Crippen LogP contribution < -0.4 is 10.6 Å². The van der Waals surface area contributed by atoms with Crippen molar-refractivity contribution in [3.05, 3.63) is 72.7 Å². The molecule has 2 N–H and O–H groups in total. The van der Waals surface area contributed by atoms with Crippen molar-refractivity contribution in [2.45, 2.75) is 25.9 Å². The minimum Gasteiger partial charge on any atom is -0.459 e. The van der Waals surface area contributed by atoms with E-state index in [-0.39, 0.29) is 29.9 Å². The van der Waals surface area contributed by atoms with E-state index in [0.29, 0.717) is 24.3 Å². The van der Waals surface area contributed by atoms with E-state index in [2.05, 4.69) is 37.0 Å². The number of hydrogen-bond acceptors (Lipinski definition) is 4. The van der Waals surface area contributed by atoms with E-state index in [1.807, 2.05) is 50.0 Å². The van der Waals surface area contributed by atoms with Crippen LogP contribution in [0.5, 0.6) is 0 Å². The standard InChI is InChI=1S/C23H28N6O2.HI/c1-17-9-11-28(15-20(17)29-12-10-25-16-29)23(24-2)26-14-18-5-7-19(8-6-18)27-22(30)21-4-3-13-31-21;/h3-8,10,12-13,16-17,20H,9,11,14-15H2,1-2H3,(H,24,26)(H,27,30);1H. The molecule has 8 nitrogen and oxygen atoms in total. The molecule has 0 radical (unpaired) electrons. The first-order valence-corrected chi connectivity index (χ1v) is 10.5. The van der Waals surface area contributed by atoms with E-state index in [0.717, 1.165) is 36.7 Å². The number of likely N-dealkylation sites (tertiary alicyclic amines) is 1. The number of anilines is 1. The number of amides is 1. The van der Waals surface area contributed by atoms with Crippen molar-refractivity contribution in [2.24, 2.45) is 10.9 Å². The third-order valence-electron chi connectivity index (χ3n) is 5.75. The van der Waals surface area contributed by atoms with Crippen LogP contribution in [0, 0.1) is 5.92 Å². The van der Waals surface area contributed by atoms with Gasteiger partial charge in [-0.2, -0.15) is 0 Å². The molecule has 1 fully saturated rings. The first-order valence-electron chi connectivity index (χ1n) is 10.5. The topological polar surface area (TPSA) is 87.7 Å². The highest BCUT2D eigenvalue weighted by atomic mass is 127. The first-order chi connectivity index (χ1) is 15.1. The molecule has 3 aromatic rings. The lowest BCUT2D eigenvalue weighted by molar-refractivity contribution is 0.0996. The average molecular weight is 548 g/mol. The molecule has 1 saturated heterocycles. The Bertz CT molecular complexity index is 1000. The van der Waals surface area contributed by atoms with Gasteiger partial charge in [0.1, 0.15) is 0 Å². The molecule has 0 saturated carbocycles. The van der Waals surface area contributed by atoms with Gasteiger partial charge in [-0.1, -0.05) is 19.1 Å². The molecule has 0 bridgehead atoms. The number of guanidine groups is 1. The smallest absolute Gasteiger partial charge is 0.291 e. The van der Waals surface area contributed by atoms with Crippen LogP contribution in [-0.4, -0.2) is 46.5 Å². The number of piperidine rings is 1. The molecule has 2 unspecified atom stereocenters. The van der Waals surface area contributed by atoms with E-state index < -0.39 is 0 Å². The third-order valence-corrected chi connectivity index (χ3v) is 5.75. The van der Waals surface area contributed by atoms with Gasteiger partial charge in [0.15, 0.2) is 11.7 Å². The fourth-order valence-electron chi connectivity index (χ4n) is 3.91. The monoisotopic (exact) mass is 548 g/mol. The van der Waals surface area contributed by atoms with Crippen molar-refractivity contribution >= 4 is 41.5 Å². The number of hydrogen-bond donors (Lipinski definition) is 2. The normalized spacial score (nSPS) is 18.7. The Balaban J connectivity index is 0.00000289. The second-order valence-electron chi connectivity index (χ2n) is 7.82. The number of benzene rings is 1. The molecule has 1 amide bonds. The Morgan fingerprint density at radius 1 is 1.28 bits per heavy atom. The quantitative estimate of drug-likeness (QED) is 0.286. The third kappa shape index (κ3) is 5.70. The minimum absolute atomic E-state index is 0. The molecule has 32 heavy (non-hydrogen) atoms. The van der Waals surface area contributed by atoms with Crippen LogP contribution in [-0.2, 0) is 6.54 Å². The molecule has 4 rings (SSSR count). The maximum atomic E-state index is 12.1. The number of furan rings is 1. The van der Waals surface area contributed by atoms with Gasteiger partial charge in [-0.05, 0) is 42.2 Å². The molecule has 1 aliphatic rings. The van der Waals surface area contributed by atoms with Crippen molar-refractivity contribution in [3.63, 3.8) is 0 Å². The summed E-state index contributed by atoms with van der Waals surface area (Å²) in [6.07, 6.45) is 8.35. The number of aliphatic imine (C=N–C) groups is 1. The van der Waals surface area contributed by atoms with Gasteiger partial charge in [-0.25, -0.2) is 4.98 Å². The molecule has 0 spiro atoms. The Labute approximate surface area is 205 Å². The van der Waals surface area contributed by atoms with E-state index in [1.165, 1.54) is 6.26 Å². The number of nitrogens with one attached hydrogen (secondary N) is 2. The lowest BCUT2D eigenvalue weighted by atomic mass is 9.93. The second-order valence-corrected chi connectivity index (χ2v) is 7.82. The maximum Gasteiger partial charge on any atom is 0.291 e. The highest BCUT2D eigenvalue weighted by Crippen LogP contribution is 2.27. The van der Waals surface area contributed by atoms with Crippen LogP contribution in [0.15, 0.2) is 70.8 Å². The van der Waals surface area contributed by atoms with Crippen LogP contribution in [0.25, 0.3) is 0 Å². The van der Waals surface area contributed by atoms with E-state index in [4.69, 9.17) is 4.42 Å². The molecule has 1 aliphatic heterocycles. The van der Waals surface area contributed by atoms with E-state index in [9.17, 15) is 4.79 Å². The average Bonchev–Trinajstić information content (AvgIpc) is 3.51. The van der Waals surface area contributed by atoms with E-state index >= 15 is 0 Å². The number of aromatic nitrogens is 2. The van der Waals surface area contributed by atoms with Gasteiger partial charge < -0.3 is 24.5 Å². The fourth-order valence-corrected chi connectivity index (χ4v) is 3.91. The van der Waals surface area contributed by atoms with Gasteiger partial charge in [0.25, 0.3) is 5.91 Å². The Morgan fingerprint density at radius 2 is 2.09 bits per heavy atom. The number of rotatable bonds is 5. The SMILES string of the molecule is CN=C(NCc1ccc(NC(=O)c2ccco2)cc1)N1CCC(C)C(n2ccnc2)C1.I. The fraction of sp³-hybridized carbons (Fsp3) is 0.348. The summed E-state index contributed by atoms with van der Waals surface area (Å²) in [5.74, 6) is 1.52. The summed E-state index contributed by atoms with van der Waals surface area (Å²) in [6, 6.07) is 11.5. The second kappa shape index (κ2) is 11.2. The minimum atomic E-state index is -0.261. The zero-order valence-electron chi connectivity index (χ0n) is 18.3. The molecule has 9 heteroatoms. The van der Waals surface area contributed by atoms with Gasteiger partial charge in [-0.3, -0.25) is 9.79 Å². The lowest BCUT2D eigenvalue weighted by Gasteiger charge is -2.39. The molecule has 2 atom stereocenters. The number of carbonyl (C=O) groups is 1. The molecular weight excluding hydrogens is 519 g/mol. The Kier molecular flexibility index (Phi) is 8.32. The highest BCUT2D eigenvalue weighted by molar-refractivity contribution is 14.0. The number of nitrogens with zero attached hydrogens (tertiary/aromatic N) is 4. The van der Waals surface area contributed by atoms with Gasteiger partial charge in [0.05, 0.1) is 18.6 Å². The summed E-state index contributed by atoms with van der Waals surface area (Å²) < 4.78 is 7.31. The van der Waals surface area contributed by atoms with Crippen LogP contribution in [0.2, 0.25) is 0 Å². The summed E-state index contributed by atoms with van der Waals surface area (Å²) in [7, 11) is 1.82. The van der Waals surface area contributed by atoms with Gasteiger partial charge in [-0.15, -0.1) is 24.0 Å². The van der Waals surface area contributed by atoms with E-state index in [1.54, 1.807) is 12.1 Å². The zero-order chi connectivity index (χ0) is 21.6. The van der Waals surface area contributed by atoms with Crippen molar-refractivity contribution in [2.75, 3.05) is 25.5 Å². The van der Waals surface area contributed by atoms with Gasteiger partial charge >= 0.3 is 0 Å². The molecular formula is C23H29IN6O2. The van der Waals surface area contributed by atoms with Crippen molar-refractivity contribution < 1.29 is 9.21 Å². The summed E-state index contributed by atoms with van der Waals surface area (Å²) in [5.41, 5.74) is 1.83. The predicted octanol–water partition coefficient (Wildman–Crippen LogP) is 4.00. The van der Waals surface area contributed by atoms with Crippen LogP contribution in [0.4, 0.5) is 5.69 Å². The van der Waals surface area contributed by atoms with Crippen molar-refractivity contribution in [1.29, 1.82) is 0 Å². The molecule has 1 aromatic carbocycles. The molecule has 2 aromatic heterocycles. The van der Waals surface area contributed by atoms with Crippen LogP contribution in [0.1, 0.15) is 35.5 Å². The molecule has 170 valence electrons. The Morgan fingerprint density at radius 3 is 2.75 bits per heavy atom. The first kappa shape index (κ1) is 23.8. The maximum absolute atomic E-state index is 12.1. The predicted molar refractivity (Wildman–Crippen MR) is 135 cm³/mol. The van der Waals surface area contributed by atoms with Crippen molar-refractivity contribution in [3.8, 4) is 0 Å². The lowest BCUT2D eigenvalue weighted by Crippen LogP contribution is -2.48.